The predicted molar refractivity (Wildman–Crippen MR) is 75.9 cm³/mol. The summed E-state index contributed by atoms with van der Waals surface area (Å²) >= 11 is 9.59. The van der Waals surface area contributed by atoms with Crippen LogP contribution in [0, 0.1) is 0 Å². The fourth-order valence-corrected chi connectivity index (χ4v) is 2.85. The lowest BCUT2D eigenvalue weighted by Gasteiger charge is -2.40. The average molecular weight is 319 g/mol. The second-order valence-electron chi connectivity index (χ2n) is 4.76. The van der Waals surface area contributed by atoms with Crippen molar-refractivity contribution in [3.63, 3.8) is 0 Å². The summed E-state index contributed by atoms with van der Waals surface area (Å²) in [6, 6.07) is 1.90. The smallest absolute Gasteiger partial charge is 0.147 e. The topological polar surface area (TPSA) is 28.2 Å². The van der Waals surface area contributed by atoms with Crippen molar-refractivity contribution in [3.05, 3.63) is 21.8 Å². The zero-order chi connectivity index (χ0) is 12.5. The summed E-state index contributed by atoms with van der Waals surface area (Å²) in [7, 11) is 2.03. The lowest BCUT2D eigenvalue weighted by molar-refractivity contribution is 0.304. The lowest BCUT2D eigenvalue weighted by atomic mass is 9.90. The van der Waals surface area contributed by atoms with Crippen LogP contribution in [0.5, 0.6) is 0 Å². The number of nitrogens with zero attached hydrogens (tertiary/aromatic N) is 2. The monoisotopic (exact) mass is 317 g/mol. The fraction of sp³-hybridized carbons (Fsp3) is 0.583. The van der Waals surface area contributed by atoms with Crippen molar-refractivity contribution in [2.75, 3.05) is 25.0 Å². The van der Waals surface area contributed by atoms with Crippen molar-refractivity contribution in [3.8, 4) is 0 Å². The van der Waals surface area contributed by atoms with Crippen molar-refractivity contribution in [2.45, 2.75) is 25.3 Å². The normalized spacial score (nSPS) is 19.4. The maximum Gasteiger partial charge on any atom is 0.147 e. The Morgan fingerprint density at radius 1 is 1.47 bits per heavy atom. The molecule has 0 atom stereocenters. The van der Waals surface area contributed by atoms with E-state index in [0.717, 1.165) is 36.2 Å². The predicted octanol–water partition coefficient (Wildman–Crippen LogP) is 3.08. The molecule has 1 aromatic rings. The van der Waals surface area contributed by atoms with Crippen LogP contribution >= 0.6 is 27.5 Å². The number of pyridine rings is 1. The van der Waals surface area contributed by atoms with Gasteiger partial charge in [0.1, 0.15) is 5.82 Å². The maximum atomic E-state index is 6.22. The van der Waals surface area contributed by atoms with Crippen LogP contribution < -0.4 is 10.2 Å². The lowest BCUT2D eigenvalue weighted by Crippen LogP contribution is -2.50. The molecule has 1 aromatic heterocycles. The standard InChI is InChI=1S/C12H17BrClN3/c1-12(15-2)3-5-17(6-4-12)11-10(14)7-9(13)8-16-11/h7-8,15H,3-6H2,1-2H3. The van der Waals surface area contributed by atoms with E-state index in [9.17, 15) is 0 Å². The zero-order valence-electron chi connectivity index (χ0n) is 10.1. The highest BCUT2D eigenvalue weighted by atomic mass is 79.9. The first-order chi connectivity index (χ1) is 8.04. The van der Waals surface area contributed by atoms with Gasteiger partial charge in [-0.25, -0.2) is 4.98 Å². The van der Waals surface area contributed by atoms with Crippen LogP contribution in [-0.4, -0.2) is 30.7 Å². The quantitative estimate of drug-likeness (QED) is 0.908. The van der Waals surface area contributed by atoms with E-state index in [-0.39, 0.29) is 5.54 Å². The van der Waals surface area contributed by atoms with Gasteiger partial charge < -0.3 is 10.2 Å². The van der Waals surface area contributed by atoms with E-state index in [0.29, 0.717) is 5.02 Å². The van der Waals surface area contributed by atoms with Crippen molar-refractivity contribution in [2.24, 2.45) is 0 Å². The Labute approximate surface area is 116 Å². The van der Waals surface area contributed by atoms with Crippen LogP contribution in [0.4, 0.5) is 5.82 Å². The van der Waals surface area contributed by atoms with Crippen molar-refractivity contribution >= 4 is 33.3 Å². The molecule has 0 bridgehead atoms. The van der Waals surface area contributed by atoms with E-state index >= 15 is 0 Å². The summed E-state index contributed by atoms with van der Waals surface area (Å²) in [4.78, 5) is 6.66. The van der Waals surface area contributed by atoms with Gasteiger partial charge in [-0.1, -0.05) is 11.6 Å². The molecular weight excluding hydrogens is 302 g/mol. The molecule has 1 aliphatic rings. The minimum Gasteiger partial charge on any atom is -0.355 e. The van der Waals surface area contributed by atoms with Crippen LogP contribution in [0.1, 0.15) is 19.8 Å². The van der Waals surface area contributed by atoms with E-state index in [4.69, 9.17) is 11.6 Å². The summed E-state index contributed by atoms with van der Waals surface area (Å²) < 4.78 is 0.920. The second kappa shape index (κ2) is 5.12. The van der Waals surface area contributed by atoms with Crippen LogP contribution in [0.25, 0.3) is 0 Å². The molecule has 1 saturated heterocycles. The van der Waals surface area contributed by atoms with Gasteiger partial charge in [0.05, 0.1) is 5.02 Å². The number of aromatic nitrogens is 1. The average Bonchev–Trinajstić information content (AvgIpc) is 2.31. The van der Waals surface area contributed by atoms with Gasteiger partial charge in [-0.2, -0.15) is 0 Å². The van der Waals surface area contributed by atoms with Crippen LogP contribution in [0.3, 0.4) is 0 Å². The first-order valence-corrected chi connectivity index (χ1v) is 6.96. The summed E-state index contributed by atoms with van der Waals surface area (Å²) in [5.41, 5.74) is 0.248. The Balaban J connectivity index is 2.10. The Bertz CT molecular complexity index is 403. The molecule has 0 radical (unpaired) electrons. The number of anilines is 1. The van der Waals surface area contributed by atoms with E-state index in [1.165, 1.54) is 0 Å². The zero-order valence-corrected chi connectivity index (χ0v) is 12.5. The number of hydrogen-bond acceptors (Lipinski definition) is 3. The molecule has 0 aromatic carbocycles. The highest BCUT2D eigenvalue weighted by Crippen LogP contribution is 2.30. The molecule has 0 aliphatic carbocycles. The second-order valence-corrected chi connectivity index (χ2v) is 6.08. The molecule has 17 heavy (non-hydrogen) atoms. The molecule has 1 aliphatic heterocycles. The SMILES string of the molecule is CNC1(C)CCN(c2ncc(Br)cc2Cl)CC1. The molecule has 5 heteroatoms. The number of piperidine rings is 1. The molecule has 0 spiro atoms. The molecule has 94 valence electrons. The van der Waals surface area contributed by atoms with E-state index < -0.39 is 0 Å². The molecule has 0 unspecified atom stereocenters. The fourth-order valence-electron chi connectivity index (χ4n) is 2.10. The highest BCUT2D eigenvalue weighted by molar-refractivity contribution is 9.10. The minimum absolute atomic E-state index is 0.248. The molecule has 2 rings (SSSR count). The molecule has 2 heterocycles. The molecular formula is C12H17BrClN3. The largest absolute Gasteiger partial charge is 0.355 e. The Hall–Kier alpha value is -0.320. The van der Waals surface area contributed by atoms with Crippen molar-refractivity contribution < 1.29 is 0 Å². The maximum absolute atomic E-state index is 6.22. The van der Waals surface area contributed by atoms with Gasteiger partial charge in [0.25, 0.3) is 0 Å². The van der Waals surface area contributed by atoms with E-state index in [1.54, 1.807) is 6.20 Å². The van der Waals surface area contributed by atoms with Gasteiger partial charge >= 0.3 is 0 Å². The third-order valence-corrected chi connectivity index (χ3v) is 4.27. The third-order valence-electron chi connectivity index (χ3n) is 3.56. The molecule has 0 amide bonds. The third kappa shape index (κ3) is 2.92. The van der Waals surface area contributed by atoms with E-state index in [1.807, 2.05) is 13.1 Å². The van der Waals surface area contributed by atoms with Gasteiger partial charge in [0.15, 0.2) is 0 Å². The van der Waals surface area contributed by atoms with E-state index in [2.05, 4.69) is 38.1 Å². The first-order valence-electron chi connectivity index (χ1n) is 5.79. The number of rotatable bonds is 2. The summed E-state index contributed by atoms with van der Waals surface area (Å²) in [5.74, 6) is 0.896. The van der Waals surface area contributed by atoms with Gasteiger partial charge in [0.2, 0.25) is 0 Å². The summed E-state index contributed by atoms with van der Waals surface area (Å²) in [6.45, 7) is 4.25. The molecule has 1 N–H and O–H groups in total. The van der Waals surface area contributed by atoms with Crippen LogP contribution in [0.15, 0.2) is 16.7 Å². The molecule has 1 fully saturated rings. The van der Waals surface area contributed by atoms with Gasteiger partial charge in [-0.05, 0) is 48.8 Å². The minimum atomic E-state index is 0.248. The molecule has 3 nitrogen and oxygen atoms in total. The Morgan fingerprint density at radius 3 is 2.65 bits per heavy atom. The number of nitrogens with one attached hydrogen (secondary N) is 1. The number of halogens is 2. The summed E-state index contributed by atoms with van der Waals surface area (Å²) in [6.07, 6.45) is 4.02. The highest BCUT2D eigenvalue weighted by Gasteiger charge is 2.29. The van der Waals surface area contributed by atoms with Gasteiger partial charge in [-0.15, -0.1) is 0 Å². The Morgan fingerprint density at radius 2 is 2.12 bits per heavy atom. The Kier molecular flexibility index (Phi) is 3.95. The summed E-state index contributed by atoms with van der Waals surface area (Å²) in [5, 5.41) is 4.10. The van der Waals surface area contributed by atoms with Crippen LogP contribution in [0.2, 0.25) is 5.02 Å². The van der Waals surface area contributed by atoms with Gasteiger partial charge in [-0.3, -0.25) is 0 Å². The van der Waals surface area contributed by atoms with Crippen LogP contribution in [-0.2, 0) is 0 Å². The van der Waals surface area contributed by atoms with Crippen molar-refractivity contribution in [1.82, 2.24) is 10.3 Å². The number of hydrogen-bond donors (Lipinski definition) is 1. The first kappa shape index (κ1) is 13.1. The molecule has 0 saturated carbocycles. The van der Waals surface area contributed by atoms with Gasteiger partial charge in [0, 0.05) is 29.3 Å². The van der Waals surface area contributed by atoms with Crippen molar-refractivity contribution in [1.29, 1.82) is 0 Å².